The van der Waals surface area contributed by atoms with Crippen LogP contribution in [0.4, 0.5) is 5.95 Å². The third kappa shape index (κ3) is 3.10. The molecule has 0 saturated heterocycles. The van der Waals surface area contributed by atoms with Crippen LogP contribution in [0.25, 0.3) is 5.69 Å². The summed E-state index contributed by atoms with van der Waals surface area (Å²) in [6.07, 6.45) is 0. The van der Waals surface area contributed by atoms with Crippen LogP contribution >= 0.6 is 11.6 Å². The van der Waals surface area contributed by atoms with E-state index in [0.717, 1.165) is 0 Å². The minimum atomic E-state index is -0.407. The van der Waals surface area contributed by atoms with Crippen molar-refractivity contribution in [1.82, 2.24) is 20.0 Å². The maximum absolute atomic E-state index is 12.0. The van der Waals surface area contributed by atoms with E-state index in [1.165, 1.54) is 4.57 Å². The molecule has 1 aromatic heterocycles. The number of hydrogen-bond acceptors (Lipinski definition) is 5. The van der Waals surface area contributed by atoms with Gasteiger partial charge in [-0.3, -0.25) is 5.43 Å². The first-order valence-electron chi connectivity index (χ1n) is 5.84. The molecule has 7 heteroatoms. The molecule has 6 nitrogen and oxygen atoms in total. The van der Waals surface area contributed by atoms with Gasteiger partial charge in [0.2, 0.25) is 5.95 Å². The van der Waals surface area contributed by atoms with E-state index < -0.39 is 5.69 Å². The number of hydrogen-bond donors (Lipinski definition) is 2. The third-order valence-corrected chi connectivity index (χ3v) is 2.66. The van der Waals surface area contributed by atoms with Crippen molar-refractivity contribution in [2.24, 2.45) is 0 Å². The molecule has 0 atom stereocenters. The second kappa shape index (κ2) is 5.81. The second-order valence-corrected chi connectivity index (χ2v) is 4.28. The molecule has 19 heavy (non-hydrogen) atoms. The fourth-order valence-corrected chi connectivity index (χ4v) is 1.83. The standard InChI is InChI=1S/C12H14ClN5O/c1-3-14-17-11-15-8(2)18(12(19)16-11)10-6-4-5-9(13)7-10/h4-7,14H,3H2,1-2H3,(H,16,17,19). The molecular formula is C12H14ClN5O. The van der Waals surface area contributed by atoms with E-state index >= 15 is 0 Å². The van der Waals surface area contributed by atoms with Crippen molar-refractivity contribution >= 4 is 17.5 Å². The average Bonchev–Trinajstić information content (AvgIpc) is 2.35. The number of nitrogens with zero attached hydrogens (tertiary/aromatic N) is 3. The molecule has 100 valence electrons. The first-order chi connectivity index (χ1) is 9.11. The summed E-state index contributed by atoms with van der Waals surface area (Å²) in [5.41, 5.74) is 5.83. The van der Waals surface area contributed by atoms with Gasteiger partial charge < -0.3 is 0 Å². The van der Waals surface area contributed by atoms with E-state index in [1.54, 1.807) is 31.2 Å². The number of aryl methyl sites for hydroxylation is 1. The van der Waals surface area contributed by atoms with Gasteiger partial charge in [0.1, 0.15) is 5.82 Å². The average molecular weight is 280 g/mol. The fourth-order valence-electron chi connectivity index (χ4n) is 1.64. The summed E-state index contributed by atoms with van der Waals surface area (Å²) in [6.45, 7) is 4.36. The Hall–Kier alpha value is -1.92. The Labute approximate surface area is 115 Å². The molecule has 0 unspecified atom stereocenters. The summed E-state index contributed by atoms with van der Waals surface area (Å²) in [4.78, 5) is 20.1. The van der Waals surface area contributed by atoms with Gasteiger partial charge in [-0.1, -0.05) is 24.6 Å². The van der Waals surface area contributed by atoms with Crippen molar-refractivity contribution in [1.29, 1.82) is 0 Å². The van der Waals surface area contributed by atoms with Gasteiger partial charge in [0, 0.05) is 11.6 Å². The number of benzene rings is 1. The monoisotopic (exact) mass is 279 g/mol. The molecule has 0 saturated carbocycles. The van der Waals surface area contributed by atoms with Crippen LogP contribution in [-0.4, -0.2) is 21.1 Å². The van der Waals surface area contributed by atoms with Crippen LogP contribution in [0.15, 0.2) is 29.1 Å². The summed E-state index contributed by atoms with van der Waals surface area (Å²) in [5, 5.41) is 0.554. The maximum atomic E-state index is 12.0. The summed E-state index contributed by atoms with van der Waals surface area (Å²) in [7, 11) is 0. The van der Waals surface area contributed by atoms with Crippen LogP contribution in [0.2, 0.25) is 5.02 Å². The molecule has 0 radical (unpaired) electrons. The number of halogens is 1. The first-order valence-corrected chi connectivity index (χ1v) is 6.22. The number of anilines is 1. The Kier molecular flexibility index (Phi) is 4.13. The molecule has 0 bridgehead atoms. The van der Waals surface area contributed by atoms with Crippen LogP contribution in [-0.2, 0) is 0 Å². The van der Waals surface area contributed by atoms with Gasteiger partial charge in [-0.2, -0.15) is 9.97 Å². The van der Waals surface area contributed by atoms with Gasteiger partial charge in [-0.25, -0.2) is 14.8 Å². The lowest BCUT2D eigenvalue weighted by Gasteiger charge is -2.10. The molecule has 0 amide bonds. The Morgan fingerprint density at radius 2 is 2.16 bits per heavy atom. The SMILES string of the molecule is CCNNc1nc(C)n(-c2cccc(Cl)c2)c(=O)n1. The second-order valence-electron chi connectivity index (χ2n) is 3.85. The molecule has 2 N–H and O–H groups in total. The largest absolute Gasteiger partial charge is 0.356 e. The van der Waals surface area contributed by atoms with Crippen molar-refractivity contribution in [2.75, 3.05) is 12.0 Å². The van der Waals surface area contributed by atoms with Crippen molar-refractivity contribution in [2.45, 2.75) is 13.8 Å². The van der Waals surface area contributed by atoms with E-state index in [0.29, 0.717) is 23.1 Å². The fraction of sp³-hybridized carbons (Fsp3) is 0.250. The van der Waals surface area contributed by atoms with Crippen molar-refractivity contribution in [3.05, 3.63) is 45.6 Å². The minimum absolute atomic E-state index is 0.252. The van der Waals surface area contributed by atoms with E-state index in [4.69, 9.17) is 11.6 Å². The Morgan fingerprint density at radius 3 is 2.79 bits per heavy atom. The van der Waals surface area contributed by atoms with Gasteiger partial charge >= 0.3 is 5.69 Å². The predicted octanol–water partition coefficient (Wildman–Crippen LogP) is 1.53. The molecule has 0 fully saturated rings. The molecule has 0 aliphatic rings. The predicted molar refractivity (Wildman–Crippen MR) is 74.7 cm³/mol. The molecule has 2 rings (SSSR count). The molecule has 1 aromatic carbocycles. The molecular weight excluding hydrogens is 266 g/mol. The van der Waals surface area contributed by atoms with Gasteiger partial charge in [0.25, 0.3) is 0 Å². The molecule has 0 aliphatic carbocycles. The summed E-state index contributed by atoms with van der Waals surface area (Å²) in [6, 6.07) is 6.99. The minimum Gasteiger partial charge on any atom is -0.289 e. The van der Waals surface area contributed by atoms with Crippen LogP contribution in [0.1, 0.15) is 12.7 Å². The lowest BCUT2D eigenvalue weighted by atomic mass is 10.3. The summed E-state index contributed by atoms with van der Waals surface area (Å²) >= 11 is 5.92. The smallest absolute Gasteiger partial charge is 0.289 e. The normalized spacial score (nSPS) is 10.5. The van der Waals surface area contributed by atoms with Crippen molar-refractivity contribution in [3.63, 3.8) is 0 Å². The topological polar surface area (TPSA) is 71.8 Å². The van der Waals surface area contributed by atoms with Gasteiger partial charge in [-0.15, -0.1) is 0 Å². The zero-order chi connectivity index (χ0) is 13.8. The van der Waals surface area contributed by atoms with Gasteiger partial charge in [0.15, 0.2) is 0 Å². The zero-order valence-corrected chi connectivity index (χ0v) is 11.4. The highest BCUT2D eigenvalue weighted by atomic mass is 35.5. The van der Waals surface area contributed by atoms with Gasteiger partial charge in [-0.05, 0) is 25.1 Å². The highest BCUT2D eigenvalue weighted by Gasteiger charge is 2.08. The van der Waals surface area contributed by atoms with E-state index in [1.807, 2.05) is 6.92 Å². The lowest BCUT2D eigenvalue weighted by Crippen LogP contribution is -2.30. The Bertz CT molecular complexity index is 640. The van der Waals surface area contributed by atoms with Gasteiger partial charge in [0.05, 0.1) is 5.69 Å². The van der Waals surface area contributed by atoms with Crippen LogP contribution in [0.5, 0.6) is 0 Å². The maximum Gasteiger partial charge on any atom is 0.356 e. The quantitative estimate of drug-likeness (QED) is 0.831. The number of rotatable bonds is 4. The molecule has 1 heterocycles. The van der Waals surface area contributed by atoms with E-state index in [9.17, 15) is 4.79 Å². The van der Waals surface area contributed by atoms with Crippen LogP contribution in [0.3, 0.4) is 0 Å². The van der Waals surface area contributed by atoms with Crippen molar-refractivity contribution < 1.29 is 0 Å². The Morgan fingerprint density at radius 1 is 1.37 bits per heavy atom. The number of aromatic nitrogens is 3. The highest BCUT2D eigenvalue weighted by molar-refractivity contribution is 6.30. The van der Waals surface area contributed by atoms with E-state index in [2.05, 4.69) is 20.8 Å². The lowest BCUT2D eigenvalue weighted by molar-refractivity contribution is 0.772. The highest BCUT2D eigenvalue weighted by Crippen LogP contribution is 2.14. The first kappa shape index (κ1) is 13.5. The zero-order valence-electron chi connectivity index (χ0n) is 10.6. The third-order valence-electron chi connectivity index (χ3n) is 2.43. The number of nitrogens with one attached hydrogen (secondary N) is 2. The van der Waals surface area contributed by atoms with Crippen LogP contribution < -0.4 is 16.5 Å². The number of hydrazine groups is 1. The summed E-state index contributed by atoms with van der Waals surface area (Å²) in [5.74, 6) is 0.783. The van der Waals surface area contributed by atoms with E-state index in [-0.39, 0.29) is 5.95 Å². The molecule has 2 aromatic rings. The summed E-state index contributed by atoms with van der Waals surface area (Å²) < 4.78 is 1.41. The molecule has 0 spiro atoms. The van der Waals surface area contributed by atoms with Crippen molar-refractivity contribution in [3.8, 4) is 5.69 Å². The van der Waals surface area contributed by atoms with Crippen LogP contribution in [0, 0.1) is 6.92 Å². The Balaban J connectivity index is 2.45. The molecule has 0 aliphatic heterocycles.